The van der Waals surface area contributed by atoms with Gasteiger partial charge in [0.1, 0.15) is 0 Å². The molecule has 1 amide bonds. The first kappa shape index (κ1) is 15.8. The van der Waals surface area contributed by atoms with Crippen molar-refractivity contribution in [2.24, 2.45) is 5.92 Å². The van der Waals surface area contributed by atoms with Crippen LogP contribution < -0.4 is 5.32 Å². The lowest BCUT2D eigenvalue weighted by atomic mass is 10.1. The lowest BCUT2D eigenvalue weighted by Crippen LogP contribution is -2.40. The van der Waals surface area contributed by atoms with Crippen LogP contribution in [0.4, 0.5) is 13.2 Å². The van der Waals surface area contributed by atoms with Gasteiger partial charge in [-0.2, -0.15) is 4.39 Å². The van der Waals surface area contributed by atoms with Gasteiger partial charge in [-0.05, 0) is 12.0 Å². The van der Waals surface area contributed by atoms with Gasteiger partial charge >= 0.3 is 0 Å². The van der Waals surface area contributed by atoms with Crippen molar-refractivity contribution in [1.82, 2.24) is 5.32 Å². The van der Waals surface area contributed by atoms with E-state index in [0.717, 1.165) is 0 Å². The lowest BCUT2D eigenvalue weighted by Gasteiger charge is -2.20. The number of phenolic OH excluding ortho intramolecular Hbond substituents is 1. The Morgan fingerprint density at radius 1 is 1.37 bits per heavy atom. The molecular weight excluding hydrogens is 327 g/mol. The number of carbonyl (C=O) groups is 1. The maximum atomic E-state index is 13.5. The van der Waals surface area contributed by atoms with Crippen LogP contribution in [0.1, 0.15) is 24.2 Å². The zero-order valence-corrected chi connectivity index (χ0v) is 11.9. The zero-order valence-electron chi connectivity index (χ0n) is 10.3. The molecule has 2 N–H and O–H groups in total. The van der Waals surface area contributed by atoms with Crippen LogP contribution in [0.25, 0.3) is 0 Å². The number of nitrogens with one attached hydrogen (secondary N) is 1. The highest BCUT2D eigenvalue weighted by Gasteiger charge is 2.24. The minimum Gasteiger partial charge on any atom is -0.503 e. The second kappa shape index (κ2) is 6.27. The van der Waals surface area contributed by atoms with Gasteiger partial charge in [-0.1, -0.05) is 29.8 Å². The summed E-state index contributed by atoms with van der Waals surface area (Å²) in [5, 5.41) is 11.9. The summed E-state index contributed by atoms with van der Waals surface area (Å²) in [4.78, 5) is 11.8. The first-order valence-corrected chi connectivity index (χ1v) is 6.65. The maximum Gasteiger partial charge on any atom is 0.254 e. The molecule has 0 spiro atoms. The summed E-state index contributed by atoms with van der Waals surface area (Å²) >= 11 is 3.18. The van der Waals surface area contributed by atoms with E-state index in [9.17, 15) is 18.0 Å². The third kappa shape index (κ3) is 3.40. The van der Waals surface area contributed by atoms with E-state index in [-0.39, 0.29) is 12.0 Å². The Bertz CT molecular complexity index is 494. The second-order valence-electron chi connectivity index (χ2n) is 4.36. The second-order valence-corrected chi connectivity index (χ2v) is 5.01. The Morgan fingerprint density at radius 3 is 2.42 bits per heavy atom. The Morgan fingerprint density at radius 2 is 1.95 bits per heavy atom. The third-order valence-corrected chi connectivity index (χ3v) is 3.36. The van der Waals surface area contributed by atoms with Crippen LogP contribution in [0.3, 0.4) is 0 Å². The van der Waals surface area contributed by atoms with Crippen LogP contribution in [0, 0.1) is 23.4 Å². The van der Waals surface area contributed by atoms with Gasteiger partial charge in [0, 0.05) is 11.4 Å². The van der Waals surface area contributed by atoms with E-state index >= 15 is 0 Å². The summed E-state index contributed by atoms with van der Waals surface area (Å²) in [5.41, 5.74) is -0.733. The molecule has 0 aromatic heterocycles. The molecule has 19 heavy (non-hydrogen) atoms. The van der Waals surface area contributed by atoms with Gasteiger partial charge in [-0.15, -0.1) is 0 Å². The van der Waals surface area contributed by atoms with E-state index in [1.54, 1.807) is 0 Å². The molecule has 0 radical (unpaired) electrons. The summed E-state index contributed by atoms with van der Waals surface area (Å²) in [5.74, 6) is -7.02. The van der Waals surface area contributed by atoms with Crippen LogP contribution in [-0.4, -0.2) is 22.4 Å². The minimum atomic E-state index is -1.71. The molecular formula is C12H13BrF3NO2. The number of hydrogen-bond donors (Lipinski definition) is 2. The molecule has 0 aliphatic rings. The van der Waals surface area contributed by atoms with E-state index in [1.165, 1.54) is 0 Å². The van der Waals surface area contributed by atoms with Gasteiger partial charge in [-0.25, -0.2) is 8.78 Å². The van der Waals surface area contributed by atoms with Crippen molar-refractivity contribution < 1.29 is 23.1 Å². The molecule has 0 heterocycles. The van der Waals surface area contributed by atoms with Crippen molar-refractivity contribution in [1.29, 1.82) is 0 Å². The maximum absolute atomic E-state index is 13.5. The number of rotatable bonds is 4. The van der Waals surface area contributed by atoms with Crippen molar-refractivity contribution >= 4 is 21.8 Å². The third-order valence-electron chi connectivity index (χ3n) is 2.67. The number of hydrogen-bond acceptors (Lipinski definition) is 2. The normalized spacial score (nSPS) is 12.6. The van der Waals surface area contributed by atoms with Gasteiger partial charge in [0.15, 0.2) is 17.4 Å². The molecule has 0 fully saturated rings. The predicted molar refractivity (Wildman–Crippen MR) is 67.9 cm³/mol. The minimum absolute atomic E-state index is 0.0604. The molecule has 0 aliphatic heterocycles. The highest BCUT2D eigenvalue weighted by Crippen LogP contribution is 2.25. The number of carbonyl (C=O) groups excluding carboxylic acids is 1. The largest absolute Gasteiger partial charge is 0.503 e. The van der Waals surface area contributed by atoms with E-state index in [2.05, 4.69) is 21.2 Å². The van der Waals surface area contributed by atoms with Crippen molar-refractivity contribution in [2.75, 3.05) is 5.33 Å². The van der Waals surface area contributed by atoms with E-state index in [1.807, 2.05) is 13.8 Å². The smallest absolute Gasteiger partial charge is 0.254 e. The monoisotopic (exact) mass is 339 g/mol. The summed E-state index contributed by atoms with van der Waals surface area (Å²) in [6, 6.07) is 0.118. The van der Waals surface area contributed by atoms with E-state index < -0.39 is 34.7 Å². The fraction of sp³-hybridized carbons (Fsp3) is 0.417. The SMILES string of the molecule is CC(C)C(CBr)NC(=O)c1cc(F)c(F)c(O)c1F. The first-order chi connectivity index (χ1) is 8.79. The van der Waals surface area contributed by atoms with Gasteiger partial charge in [0.2, 0.25) is 5.82 Å². The highest BCUT2D eigenvalue weighted by atomic mass is 79.9. The van der Waals surface area contributed by atoms with Crippen molar-refractivity contribution in [3.05, 3.63) is 29.1 Å². The number of aromatic hydroxyl groups is 1. The predicted octanol–water partition coefficient (Wildman–Crippen LogP) is 2.96. The van der Waals surface area contributed by atoms with Crippen molar-refractivity contribution in [2.45, 2.75) is 19.9 Å². The molecule has 7 heteroatoms. The summed E-state index contributed by atoms with van der Waals surface area (Å²) in [7, 11) is 0. The number of halogens is 4. The molecule has 1 unspecified atom stereocenters. The van der Waals surface area contributed by atoms with Gasteiger partial charge in [0.25, 0.3) is 5.91 Å². The zero-order chi connectivity index (χ0) is 14.7. The van der Waals surface area contributed by atoms with Crippen LogP contribution in [0.5, 0.6) is 5.75 Å². The average Bonchev–Trinajstić information content (AvgIpc) is 2.36. The summed E-state index contributed by atoms with van der Waals surface area (Å²) in [6.07, 6.45) is 0. The van der Waals surface area contributed by atoms with E-state index in [4.69, 9.17) is 5.11 Å². The standard InChI is InChI=1S/C12H13BrF3NO2/c1-5(2)8(4-13)17-12(19)6-3-7(14)10(16)11(18)9(6)15/h3,5,8,18H,4H2,1-2H3,(H,17,19). The topological polar surface area (TPSA) is 49.3 Å². The van der Waals surface area contributed by atoms with Crippen LogP contribution >= 0.6 is 15.9 Å². The molecule has 1 aromatic rings. The highest BCUT2D eigenvalue weighted by molar-refractivity contribution is 9.09. The summed E-state index contributed by atoms with van der Waals surface area (Å²) < 4.78 is 39.5. The van der Waals surface area contributed by atoms with Crippen LogP contribution in [0.2, 0.25) is 0 Å². The average molecular weight is 340 g/mol. The molecule has 3 nitrogen and oxygen atoms in total. The Balaban J connectivity index is 3.07. The molecule has 1 aromatic carbocycles. The van der Waals surface area contributed by atoms with Gasteiger partial charge in [0.05, 0.1) is 5.56 Å². The fourth-order valence-electron chi connectivity index (χ4n) is 1.39. The Labute approximate surface area is 116 Å². The van der Waals surface area contributed by atoms with Crippen LogP contribution in [-0.2, 0) is 0 Å². The van der Waals surface area contributed by atoms with Gasteiger partial charge < -0.3 is 10.4 Å². The molecule has 0 aliphatic carbocycles. The van der Waals surface area contributed by atoms with E-state index in [0.29, 0.717) is 11.4 Å². The number of alkyl halides is 1. The molecule has 0 bridgehead atoms. The molecule has 1 rings (SSSR count). The number of benzene rings is 1. The molecule has 1 atom stereocenters. The molecule has 0 saturated carbocycles. The van der Waals surface area contributed by atoms with Crippen molar-refractivity contribution in [3.63, 3.8) is 0 Å². The van der Waals surface area contributed by atoms with Gasteiger partial charge in [-0.3, -0.25) is 4.79 Å². The molecule has 0 saturated heterocycles. The molecule has 106 valence electrons. The quantitative estimate of drug-likeness (QED) is 0.654. The Hall–Kier alpha value is -1.24. The van der Waals surface area contributed by atoms with Crippen molar-refractivity contribution in [3.8, 4) is 5.75 Å². The fourth-order valence-corrected chi connectivity index (χ4v) is 2.29. The first-order valence-electron chi connectivity index (χ1n) is 5.52. The summed E-state index contributed by atoms with van der Waals surface area (Å²) in [6.45, 7) is 3.68. The Kier molecular flexibility index (Phi) is 5.22. The number of phenols is 1. The number of amides is 1. The van der Waals surface area contributed by atoms with Crippen LogP contribution in [0.15, 0.2) is 6.07 Å². The lowest BCUT2D eigenvalue weighted by molar-refractivity contribution is 0.0926.